The molecule has 0 saturated heterocycles. The molecule has 0 spiro atoms. The van der Waals surface area contributed by atoms with Crippen LogP contribution in [-0.4, -0.2) is 0 Å². The zero-order chi connectivity index (χ0) is 8.48. The Morgan fingerprint density at radius 3 is 1.73 bits per heavy atom. The lowest BCUT2D eigenvalue weighted by atomic mass is 10.2. The van der Waals surface area contributed by atoms with Crippen LogP contribution in [0, 0.1) is 5.82 Å². The maximum Gasteiger partial charge on any atom is 0.416 e. The molecule has 4 heteroatoms. The topological polar surface area (TPSA) is 0 Å². The number of alkyl halides is 3. The normalized spacial score (nSPS) is 11.6. The van der Waals surface area contributed by atoms with E-state index in [1.807, 2.05) is 0 Å². The second kappa shape index (κ2) is 2.53. The van der Waals surface area contributed by atoms with Crippen molar-refractivity contribution in [1.29, 1.82) is 0 Å². The number of hydrogen-bond acceptors (Lipinski definition) is 0. The van der Waals surface area contributed by atoms with E-state index in [4.69, 9.17) is 0 Å². The van der Waals surface area contributed by atoms with E-state index in [0.717, 1.165) is 12.1 Å². The summed E-state index contributed by atoms with van der Waals surface area (Å²) >= 11 is 0. The number of rotatable bonds is 0. The first-order chi connectivity index (χ1) is 5.00. The van der Waals surface area contributed by atoms with Gasteiger partial charge in [-0.05, 0) is 24.3 Å². The molecule has 60 valence electrons. The van der Waals surface area contributed by atoms with E-state index in [0.29, 0.717) is 12.1 Å². The standard InChI is InChI=1S/C7H4F4/c8-6-3-1-5(2-4-6)7(9,10)11/h1-4H/i8-1. The van der Waals surface area contributed by atoms with Crippen molar-refractivity contribution in [2.45, 2.75) is 6.18 Å². The van der Waals surface area contributed by atoms with Crippen molar-refractivity contribution in [3.63, 3.8) is 0 Å². The molecule has 0 heterocycles. The largest absolute Gasteiger partial charge is 0.416 e. The molecular weight excluding hydrogens is 159 g/mol. The minimum absolute atomic E-state index is 0.669. The summed E-state index contributed by atoms with van der Waals surface area (Å²) in [7, 11) is 0. The van der Waals surface area contributed by atoms with Gasteiger partial charge < -0.3 is 0 Å². The highest BCUT2D eigenvalue weighted by molar-refractivity contribution is 5.18. The van der Waals surface area contributed by atoms with Crippen molar-refractivity contribution >= 4 is 0 Å². The molecule has 0 saturated carbocycles. The van der Waals surface area contributed by atoms with Crippen molar-refractivity contribution in [3.05, 3.63) is 35.6 Å². The Bertz CT molecular complexity index is 234. The van der Waals surface area contributed by atoms with E-state index in [1.54, 1.807) is 0 Å². The highest BCUT2D eigenvalue weighted by Crippen LogP contribution is 2.28. The van der Waals surface area contributed by atoms with Gasteiger partial charge in [0.25, 0.3) is 0 Å². The minimum Gasteiger partial charge on any atom is -0.207 e. The predicted molar refractivity (Wildman–Crippen MR) is 31.4 cm³/mol. The van der Waals surface area contributed by atoms with Gasteiger partial charge in [-0.1, -0.05) is 0 Å². The van der Waals surface area contributed by atoms with Gasteiger partial charge in [0.15, 0.2) is 0 Å². The summed E-state index contributed by atoms with van der Waals surface area (Å²) in [5, 5.41) is 0. The van der Waals surface area contributed by atoms with E-state index in [1.165, 1.54) is 0 Å². The first-order valence-corrected chi connectivity index (χ1v) is 2.83. The number of hydrogen-bond donors (Lipinski definition) is 0. The fourth-order valence-corrected chi connectivity index (χ4v) is 0.639. The second-order valence-electron chi connectivity index (χ2n) is 2.00. The van der Waals surface area contributed by atoms with Crippen molar-refractivity contribution < 1.29 is 17.6 Å². The lowest BCUT2D eigenvalue weighted by Gasteiger charge is -2.04. The molecule has 0 atom stereocenters. The molecule has 0 N–H and O–H groups in total. The summed E-state index contributed by atoms with van der Waals surface area (Å²) in [6.07, 6.45) is -4.38. The molecule has 0 bridgehead atoms. The molecule has 0 aromatic heterocycles. The average Bonchev–Trinajstić information content (AvgIpc) is 1.86. The van der Waals surface area contributed by atoms with Crippen LogP contribution in [0.5, 0.6) is 0 Å². The number of halogens is 4. The summed E-state index contributed by atoms with van der Waals surface area (Å²) in [6.45, 7) is 0. The summed E-state index contributed by atoms with van der Waals surface area (Å²) < 4.78 is 47.5. The maximum atomic E-state index is 12.1. The molecule has 1 rings (SSSR count). The Labute approximate surface area is 60.5 Å². The van der Waals surface area contributed by atoms with Gasteiger partial charge in [0, 0.05) is 0 Å². The summed E-state index contributed by atoms with van der Waals surface area (Å²) in [6, 6.07) is 2.97. The second-order valence-corrected chi connectivity index (χ2v) is 2.00. The summed E-state index contributed by atoms with van der Waals surface area (Å²) in [4.78, 5) is 0. The minimum atomic E-state index is -4.38. The van der Waals surface area contributed by atoms with Crippen LogP contribution in [0.4, 0.5) is 17.6 Å². The summed E-state index contributed by atoms with van der Waals surface area (Å²) in [5.74, 6) is -0.669. The Morgan fingerprint density at radius 1 is 0.909 bits per heavy atom. The SMILES string of the molecule is FC(F)(F)c1ccc([18F])cc1. The molecule has 0 aliphatic heterocycles. The third-order valence-electron chi connectivity index (χ3n) is 1.17. The van der Waals surface area contributed by atoms with Crippen LogP contribution < -0.4 is 0 Å². The van der Waals surface area contributed by atoms with Gasteiger partial charge in [-0.15, -0.1) is 0 Å². The Kier molecular flexibility index (Phi) is 1.85. The molecule has 11 heavy (non-hydrogen) atoms. The van der Waals surface area contributed by atoms with Gasteiger partial charge in [-0.3, -0.25) is 0 Å². The van der Waals surface area contributed by atoms with Crippen molar-refractivity contribution in [1.82, 2.24) is 0 Å². The van der Waals surface area contributed by atoms with Crippen LogP contribution in [0.3, 0.4) is 0 Å². The van der Waals surface area contributed by atoms with Crippen molar-refractivity contribution in [2.24, 2.45) is 0 Å². The molecule has 0 aliphatic carbocycles. The van der Waals surface area contributed by atoms with Crippen LogP contribution in [0.2, 0.25) is 0 Å². The number of benzene rings is 1. The van der Waals surface area contributed by atoms with Gasteiger partial charge >= 0.3 is 6.18 Å². The predicted octanol–water partition coefficient (Wildman–Crippen LogP) is 2.84. The molecule has 0 aliphatic rings. The molecule has 0 amide bonds. The van der Waals surface area contributed by atoms with E-state index in [9.17, 15) is 17.6 Å². The van der Waals surface area contributed by atoms with Crippen LogP contribution >= 0.6 is 0 Å². The molecule has 0 unspecified atom stereocenters. The van der Waals surface area contributed by atoms with E-state index >= 15 is 0 Å². The van der Waals surface area contributed by atoms with E-state index in [2.05, 4.69) is 0 Å². The molecular formula is C7H4F4. The molecule has 0 fully saturated rings. The highest BCUT2D eigenvalue weighted by atomic mass is 19.4. The molecule has 0 nitrogen and oxygen atoms in total. The molecule has 1 aromatic carbocycles. The monoisotopic (exact) mass is 163 g/mol. The average molecular weight is 163 g/mol. The fourth-order valence-electron chi connectivity index (χ4n) is 0.639. The zero-order valence-corrected chi connectivity index (χ0v) is 5.32. The summed E-state index contributed by atoms with van der Waals surface area (Å²) in [5.41, 5.74) is -0.834. The van der Waals surface area contributed by atoms with E-state index < -0.39 is 17.6 Å². The Hall–Kier alpha value is -1.06. The molecule has 0 radical (unpaired) electrons. The van der Waals surface area contributed by atoms with Crippen molar-refractivity contribution in [2.75, 3.05) is 0 Å². The van der Waals surface area contributed by atoms with Crippen LogP contribution in [0.1, 0.15) is 5.56 Å². The fraction of sp³-hybridized carbons (Fsp3) is 0.143. The van der Waals surface area contributed by atoms with Gasteiger partial charge in [0.05, 0.1) is 5.56 Å². The van der Waals surface area contributed by atoms with Crippen LogP contribution in [0.25, 0.3) is 0 Å². The Balaban J connectivity index is 2.99. The van der Waals surface area contributed by atoms with Crippen LogP contribution in [-0.2, 0) is 6.18 Å². The van der Waals surface area contributed by atoms with Gasteiger partial charge in [-0.2, -0.15) is 13.2 Å². The highest BCUT2D eigenvalue weighted by Gasteiger charge is 2.29. The third kappa shape index (κ3) is 1.93. The lowest BCUT2D eigenvalue weighted by Crippen LogP contribution is -2.03. The maximum absolute atomic E-state index is 12.1. The van der Waals surface area contributed by atoms with Crippen molar-refractivity contribution in [3.8, 4) is 0 Å². The third-order valence-corrected chi connectivity index (χ3v) is 1.17. The first kappa shape index (κ1) is 8.04. The Morgan fingerprint density at radius 2 is 1.36 bits per heavy atom. The van der Waals surface area contributed by atoms with Crippen LogP contribution in [0.15, 0.2) is 24.3 Å². The lowest BCUT2D eigenvalue weighted by molar-refractivity contribution is -0.137. The zero-order valence-electron chi connectivity index (χ0n) is 5.32. The van der Waals surface area contributed by atoms with E-state index in [-0.39, 0.29) is 0 Å². The van der Waals surface area contributed by atoms with Gasteiger partial charge in [0.2, 0.25) is 0 Å². The first-order valence-electron chi connectivity index (χ1n) is 2.83. The quantitative estimate of drug-likeness (QED) is 0.516. The van der Waals surface area contributed by atoms with Gasteiger partial charge in [-0.25, -0.2) is 4.39 Å². The smallest absolute Gasteiger partial charge is 0.207 e. The van der Waals surface area contributed by atoms with Gasteiger partial charge in [0.1, 0.15) is 5.82 Å². The molecule has 1 aromatic rings.